The van der Waals surface area contributed by atoms with Crippen LogP contribution in [0, 0.1) is 0 Å². The fourth-order valence-corrected chi connectivity index (χ4v) is 4.03. The number of urea groups is 1. The molecule has 3 N–H and O–H groups in total. The monoisotopic (exact) mass is 494 g/mol. The molecule has 1 aliphatic heterocycles. The van der Waals surface area contributed by atoms with E-state index in [4.69, 9.17) is 0 Å². The van der Waals surface area contributed by atoms with Crippen LogP contribution in [0.2, 0.25) is 0 Å². The van der Waals surface area contributed by atoms with E-state index in [9.17, 15) is 4.79 Å². The molecule has 2 amide bonds. The van der Waals surface area contributed by atoms with Crippen molar-refractivity contribution in [2.75, 3.05) is 29.0 Å². The predicted octanol–water partition coefficient (Wildman–Crippen LogP) is 6.17. The van der Waals surface area contributed by atoms with Gasteiger partial charge in [-0.05, 0) is 59.0 Å². The molecule has 1 atom stereocenters. The van der Waals surface area contributed by atoms with Gasteiger partial charge >= 0.3 is 6.03 Å². The van der Waals surface area contributed by atoms with Crippen molar-refractivity contribution in [3.63, 3.8) is 0 Å². The Kier molecular flexibility index (Phi) is 7.21. The third-order valence-corrected chi connectivity index (χ3v) is 6.01. The smallest absolute Gasteiger partial charge is 0.321 e. The number of halogens is 1. The summed E-state index contributed by atoms with van der Waals surface area (Å²) < 4.78 is 0.795. The highest BCUT2D eigenvalue weighted by Crippen LogP contribution is 2.28. The highest BCUT2D eigenvalue weighted by atomic mass is 79.9. The van der Waals surface area contributed by atoms with Crippen molar-refractivity contribution in [3.05, 3.63) is 70.8 Å². The van der Waals surface area contributed by atoms with E-state index in [1.54, 1.807) is 6.20 Å². The summed E-state index contributed by atoms with van der Waals surface area (Å²) in [4.78, 5) is 23.3. The first-order chi connectivity index (χ1) is 15.6. The Labute approximate surface area is 196 Å². The summed E-state index contributed by atoms with van der Waals surface area (Å²) in [6.45, 7) is 3.77. The van der Waals surface area contributed by atoms with Crippen LogP contribution >= 0.6 is 15.9 Å². The van der Waals surface area contributed by atoms with Gasteiger partial charge in [0.05, 0.1) is 10.5 Å². The number of aromatic nitrogens is 2. The van der Waals surface area contributed by atoms with Crippen LogP contribution in [-0.4, -0.2) is 34.0 Å². The molecule has 1 fully saturated rings. The van der Waals surface area contributed by atoms with Gasteiger partial charge in [0.25, 0.3) is 0 Å². The summed E-state index contributed by atoms with van der Waals surface area (Å²) in [5.74, 6) is 1.19. The summed E-state index contributed by atoms with van der Waals surface area (Å²) in [7, 11) is 0. The van der Waals surface area contributed by atoms with Gasteiger partial charge < -0.3 is 20.9 Å². The van der Waals surface area contributed by atoms with Crippen LogP contribution in [0.3, 0.4) is 0 Å². The van der Waals surface area contributed by atoms with Crippen LogP contribution in [0.5, 0.6) is 0 Å². The predicted molar refractivity (Wildman–Crippen MR) is 132 cm³/mol. The third-order valence-electron chi connectivity index (χ3n) is 5.43. The fraction of sp³-hybridized carbons (Fsp3) is 0.292. The Morgan fingerprint density at radius 2 is 1.84 bits per heavy atom. The molecule has 1 aliphatic rings. The summed E-state index contributed by atoms with van der Waals surface area (Å²) in [5, 5.41) is 9.71. The van der Waals surface area contributed by atoms with Crippen molar-refractivity contribution in [2.24, 2.45) is 0 Å². The average molecular weight is 495 g/mol. The summed E-state index contributed by atoms with van der Waals surface area (Å²) in [5.41, 5.74) is 2.74. The quantitative estimate of drug-likeness (QED) is 0.365. The SMILES string of the molecule is CCC(Nc1nc(Nc2cccc(NC(=O)N3CCCC3)c2)ncc1Br)c1ccccc1. The van der Waals surface area contributed by atoms with E-state index in [1.165, 1.54) is 5.56 Å². The zero-order chi connectivity index (χ0) is 22.3. The van der Waals surface area contributed by atoms with Crippen molar-refractivity contribution in [3.8, 4) is 0 Å². The van der Waals surface area contributed by atoms with Gasteiger partial charge in [-0.15, -0.1) is 0 Å². The van der Waals surface area contributed by atoms with Crippen LogP contribution in [0.15, 0.2) is 65.3 Å². The number of hydrogen-bond acceptors (Lipinski definition) is 5. The highest BCUT2D eigenvalue weighted by molar-refractivity contribution is 9.10. The van der Waals surface area contributed by atoms with E-state index < -0.39 is 0 Å². The number of carbonyl (C=O) groups is 1. The maximum Gasteiger partial charge on any atom is 0.321 e. The zero-order valence-corrected chi connectivity index (χ0v) is 19.6. The third kappa shape index (κ3) is 5.56. The fourth-order valence-electron chi connectivity index (χ4n) is 3.73. The van der Waals surface area contributed by atoms with E-state index in [0.29, 0.717) is 5.95 Å². The molecule has 0 aliphatic carbocycles. The second kappa shape index (κ2) is 10.5. The maximum absolute atomic E-state index is 12.4. The zero-order valence-electron chi connectivity index (χ0n) is 18.0. The molecule has 4 rings (SSSR count). The average Bonchev–Trinajstić information content (AvgIpc) is 3.35. The molecule has 1 saturated heterocycles. The Bertz CT molecular complexity index is 1060. The molecule has 166 valence electrons. The highest BCUT2D eigenvalue weighted by Gasteiger charge is 2.18. The van der Waals surface area contributed by atoms with Gasteiger partial charge in [-0.3, -0.25) is 0 Å². The van der Waals surface area contributed by atoms with E-state index in [2.05, 4.69) is 60.9 Å². The van der Waals surface area contributed by atoms with E-state index in [1.807, 2.05) is 47.4 Å². The van der Waals surface area contributed by atoms with Gasteiger partial charge in [-0.25, -0.2) is 9.78 Å². The van der Waals surface area contributed by atoms with Gasteiger partial charge in [0.15, 0.2) is 0 Å². The van der Waals surface area contributed by atoms with Crippen molar-refractivity contribution >= 4 is 45.1 Å². The second-order valence-corrected chi connectivity index (χ2v) is 8.59. The largest absolute Gasteiger partial charge is 0.362 e. The van der Waals surface area contributed by atoms with E-state index in [-0.39, 0.29) is 12.1 Å². The van der Waals surface area contributed by atoms with Crippen LogP contribution in [0.4, 0.5) is 27.9 Å². The first-order valence-electron chi connectivity index (χ1n) is 10.9. The molecule has 2 aromatic carbocycles. The van der Waals surface area contributed by atoms with Crippen molar-refractivity contribution in [1.82, 2.24) is 14.9 Å². The molecule has 1 aromatic heterocycles. The standard InChI is InChI=1S/C24H27BrN6O/c1-2-21(17-9-4-3-5-10-17)29-22-20(25)16-26-23(30-22)27-18-11-8-12-19(15-18)28-24(32)31-13-6-7-14-31/h3-5,8-12,15-16,21H,2,6-7,13-14H2,1H3,(H,28,32)(H2,26,27,29,30). The molecule has 7 nitrogen and oxygen atoms in total. The van der Waals surface area contributed by atoms with Crippen LogP contribution < -0.4 is 16.0 Å². The minimum Gasteiger partial charge on any atom is -0.362 e. The van der Waals surface area contributed by atoms with Gasteiger partial charge in [0.2, 0.25) is 5.95 Å². The number of benzene rings is 2. The van der Waals surface area contributed by atoms with E-state index in [0.717, 1.165) is 54.0 Å². The lowest BCUT2D eigenvalue weighted by Crippen LogP contribution is -2.32. The van der Waals surface area contributed by atoms with Crippen LogP contribution in [-0.2, 0) is 0 Å². The number of hydrogen-bond donors (Lipinski definition) is 3. The second-order valence-electron chi connectivity index (χ2n) is 7.74. The molecule has 0 spiro atoms. The topological polar surface area (TPSA) is 82.2 Å². The molecule has 0 radical (unpaired) electrons. The Balaban J connectivity index is 1.46. The number of rotatable bonds is 7. The normalized spacial score (nSPS) is 14.1. The van der Waals surface area contributed by atoms with Crippen molar-refractivity contribution in [1.29, 1.82) is 0 Å². The first-order valence-corrected chi connectivity index (χ1v) is 11.7. The van der Waals surface area contributed by atoms with E-state index >= 15 is 0 Å². The lowest BCUT2D eigenvalue weighted by Gasteiger charge is -2.19. The number of carbonyl (C=O) groups excluding carboxylic acids is 1. The summed E-state index contributed by atoms with van der Waals surface area (Å²) in [6, 6.07) is 18.0. The number of likely N-dealkylation sites (tertiary alicyclic amines) is 1. The molecular formula is C24H27BrN6O. The molecule has 0 bridgehead atoms. The van der Waals surface area contributed by atoms with Crippen molar-refractivity contribution in [2.45, 2.75) is 32.2 Å². The maximum atomic E-state index is 12.4. The van der Waals surface area contributed by atoms with Crippen LogP contribution in [0.25, 0.3) is 0 Å². The van der Waals surface area contributed by atoms with Crippen LogP contribution in [0.1, 0.15) is 37.8 Å². The number of anilines is 4. The molecule has 3 aromatic rings. The molecule has 0 saturated carbocycles. The Morgan fingerprint density at radius 3 is 2.59 bits per heavy atom. The van der Waals surface area contributed by atoms with Gasteiger partial charge in [-0.1, -0.05) is 43.3 Å². The molecule has 1 unspecified atom stereocenters. The molecular weight excluding hydrogens is 468 g/mol. The summed E-state index contributed by atoms with van der Waals surface area (Å²) in [6.07, 6.45) is 4.78. The molecule has 32 heavy (non-hydrogen) atoms. The minimum absolute atomic E-state index is 0.0578. The Morgan fingerprint density at radius 1 is 1.09 bits per heavy atom. The number of amides is 2. The van der Waals surface area contributed by atoms with Crippen molar-refractivity contribution < 1.29 is 4.79 Å². The first kappa shape index (κ1) is 22.1. The minimum atomic E-state index is -0.0578. The number of nitrogens with zero attached hydrogens (tertiary/aromatic N) is 3. The summed E-state index contributed by atoms with van der Waals surface area (Å²) >= 11 is 3.55. The lowest BCUT2D eigenvalue weighted by atomic mass is 10.0. The van der Waals surface area contributed by atoms with Gasteiger partial charge in [-0.2, -0.15) is 4.98 Å². The molecule has 8 heteroatoms. The van der Waals surface area contributed by atoms with Gasteiger partial charge in [0.1, 0.15) is 5.82 Å². The van der Waals surface area contributed by atoms with Gasteiger partial charge in [0, 0.05) is 30.7 Å². The Hall–Kier alpha value is -3.13. The molecule has 2 heterocycles. The lowest BCUT2D eigenvalue weighted by molar-refractivity contribution is 0.222. The number of nitrogens with one attached hydrogen (secondary N) is 3.